The van der Waals surface area contributed by atoms with E-state index >= 15 is 0 Å². The third kappa shape index (κ3) is 3.03. The van der Waals surface area contributed by atoms with E-state index in [9.17, 15) is 18.0 Å². The van der Waals surface area contributed by atoms with E-state index < -0.39 is 15.9 Å². The van der Waals surface area contributed by atoms with Gasteiger partial charge in [0.15, 0.2) is 0 Å². The van der Waals surface area contributed by atoms with Crippen molar-refractivity contribution in [3.05, 3.63) is 29.3 Å². The van der Waals surface area contributed by atoms with Crippen LogP contribution in [0, 0.1) is 0 Å². The lowest BCUT2D eigenvalue weighted by Crippen LogP contribution is -2.38. The van der Waals surface area contributed by atoms with Gasteiger partial charge >= 0.3 is 0 Å². The molecule has 2 aliphatic heterocycles. The summed E-state index contributed by atoms with van der Waals surface area (Å²) in [5.41, 5.74) is 0.357. The Hall–Kier alpha value is -1.97. The Morgan fingerprint density at radius 3 is 2.84 bits per heavy atom. The van der Waals surface area contributed by atoms with Gasteiger partial charge in [-0.25, -0.2) is 12.7 Å². The highest BCUT2D eigenvalue weighted by Gasteiger charge is 2.41. The average Bonchev–Trinajstić information content (AvgIpc) is 3.19. The summed E-state index contributed by atoms with van der Waals surface area (Å²) in [6.45, 7) is 1.63. The van der Waals surface area contributed by atoms with Gasteiger partial charge in [-0.1, -0.05) is 0 Å². The van der Waals surface area contributed by atoms with Gasteiger partial charge in [-0.15, -0.1) is 0 Å². The third-order valence-corrected chi connectivity index (χ3v) is 6.48. The van der Waals surface area contributed by atoms with Crippen molar-refractivity contribution in [2.45, 2.75) is 17.4 Å². The molecule has 0 radical (unpaired) electrons. The molecule has 1 saturated heterocycles. The van der Waals surface area contributed by atoms with Gasteiger partial charge in [0.1, 0.15) is 4.90 Å². The fourth-order valence-corrected chi connectivity index (χ4v) is 4.72. The number of amides is 2. The number of carbonyl (C=O) groups excluding carboxylic acids is 2. The molecule has 1 unspecified atom stereocenters. The van der Waals surface area contributed by atoms with Crippen molar-refractivity contribution in [2.24, 2.45) is 0 Å². The minimum absolute atomic E-state index is 0.0523. The summed E-state index contributed by atoms with van der Waals surface area (Å²) in [5, 5.41) is 3.19. The van der Waals surface area contributed by atoms with Crippen molar-refractivity contribution in [1.82, 2.24) is 14.5 Å². The predicted molar refractivity (Wildman–Crippen MR) is 89.9 cm³/mol. The number of methoxy groups -OCH3 is 1. The van der Waals surface area contributed by atoms with Crippen molar-refractivity contribution < 1.29 is 22.7 Å². The number of hydrogen-bond acceptors (Lipinski definition) is 6. The van der Waals surface area contributed by atoms with Gasteiger partial charge in [-0.3, -0.25) is 9.59 Å². The lowest BCUT2D eigenvalue weighted by molar-refractivity contribution is 0.0742. The predicted octanol–water partition coefficient (Wildman–Crippen LogP) is -0.0886. The van der Waals surface area contributed by atoms with Crippen LogP contribution in [0.5, 0.6) is 0 Å². The highest BCUT2D eigenvalue weighted by atomic mass is 32.2. The number of likely N-dealkylation sites (N-methyl/N-ethyl adjacent to an activating group) is 1. The smallest absolute Gasteiger partial charge is 0.269 e. The second-order valence-electron chi connectivity index (χ2n) is 6.15. The Kier molecular flexibility index (Phi) is 4.81. The van der Waals surface area contributed by atoms with Crippen LogP contribution in [0.2, 0.25) is 0 Å². The average molecular weight is 367 g/mol. The van der Waals surface area contributed by atoms with E-state index in [-0.39, 0.29) is 41.1 Å². The summed E-state index contributed by atoms with van der Waals surface area (Å²) >= 11 is 0. The summed E-state index contributed by atoms with van der Waals surface area (Å²) in [6.07, 6.45) is 0.856. The summed E-state index contributed by atoms with van der Waals surface area (Å²) in [4.78, 5) is 26.5. The molecule has 0 saturated carbocycles. The second kappa shape index (κ2) is 6.74. The number of sulfonamides is 1. The molecule has 3 rings (SSSR count). The van der Waals surface area contributed by atoms with Crippen molar-refractivity contribution in [2.75, 3.05) is 40.4 Å². The number of fused-ring (bicyclic) bond motifs is 1. The van der Waals surface area contributed by atoms with Gasteiger partial charge in [0.25, 0.3) is 21.8 Å². The van der Waals surface area contributed by atoms with E-state index in [1.807, 2.05) is 0 Å². The van der Waals surface area contributed by atoms with Crippen LogP contribution in [0.25, 0.3) is 0 Å². The Labute approximate surface area is 146 Å². The van der Waals surface area contributed by atoms with E-state index in [1.165, 1.54) is 25.3 Å². The summed E-state index contributed by atoms with van der Waals surface area (Å²) in [7, 11) is -0.806. The maximum absolute atomic E-state index is 12.7. The first-order valence-electron chi connectivity index (χ1n) is 8.06. The van der Waals surface area contributed by atoms with E-state index in [0.29, 0.717) is 0 Å². The number of carbonyl (C=O) groups is 2. The zero-order valence-electron chi connectivity index (χ0n) is 14.2. The molecule has 0 spiro atoms. The fourth-order valence-electron chi connectivity index (χ4n) is 3.14. The molecular formula is C16H21N3O5S. The number of nitrogens with one attached hydrogen (secondary N) is 1. The second-order valence-corrected chi connectivity index (χ2v) is 7.98. The van der Waals surface area contributed by atoms with Crippen LogP contribution in [-0.4, -0.2) is 75.9 Å². The van der Waals surface area contributed by atoms with E-state index in [4.69, 9.17) is 4.74 Å². The minimum Gasteiger partial charge on any atom is -0.383 e. The number of nitrogens with zero attached hydrogens (tertiary/aromatic N) is 2. The highest BCUT2D eigenvalue weighted by Crippen LogP contribution is 2.31. The molecule has 1 N–H and O–H groups in total. The van der Waals surface area contributed by atoms with Gasteiger partial charge in [0.05, 0.1) is 18.7 Å². The Morgan fingerprint density at radius 2 is 2.20 bits per heavy atom. The molecule has 0 aromatic heterocycles. The molecular weight excluding hydrogens is 346 g/mol. The number of rotatable bonds is 5. The number of ether oxygens (including phenoxy) is 1. The van der Waals surface area contributed by atoms with Crippen molar-refractivity contribution >= 4 is 21.8 Å². The zero-order chi connectivity index (χ0) is 18.2. The van der Waals surface area contributed by atoms with Crippen LogP contribution in [0.15, 0.2) is 23.1 Å². The van der Waals surface area contributed by atoms with E-state index in [0.717, 1.165) is 23.8 Å². The molecule has 136 valence electrons. The molecule has 2 amide bonds. The summed E-state index contributed by atoms with van der Waals surface area (Å²) in [6, 6.07) is 4.30. The van der Waals surface area contributed by atoms with Crippen LogP contribution in [0.1, 0.15) is 27.1 Å². The molecule has 2 aliphatic rings. The maximum atomic E-state index is 12.7. The topological polar surface area (TPSA) is 96.0 Å². The van der Waals surface area contributed by atoms with Gasteiger partial charge in [0, 0.05) is 32.3 Å². The summed E-state index contributed by atoms with van der Waals surface area (Å²) < 4.78 is 30.9. The zero-order valence-corrected chi connectivity index (χ0v) is 15.0. The molecule has 0 aliphatic carbocycles. The fraction of sp³-hybridized carbons (Fsp3) is 0.500. The van der Waals surface area contributed by atoms with Crippen molar-refractivity contribution in [3.63, 3.8) is 0 Å². The minimum atomic E-state index is -3.95. The van der Waals surface area contributed by atoms with Gasteiger partial charge in [-0.2, -0.15) is 0 Å². The Bertz CT molecular complexity index is 802. The SMILES string of the molecule is COCCN1C(=O)c2ccc(C(=O)N(C)C3CCNC3)cc2S1(=O)=O. The first-order valence-corrected chi connectivity index (χ1v) is 9.50. The third-order valence-electron chi connectivity index (χ3n) is 4.65. The first-order chi connectivity index (χ1) is 11.9. The van der Waals surface area contributed by atoms with E-state index in [1.54, 1.807) is 11.9 Å². The lowest BCUT2D eigenvalue weighted by atomic mass is 10.1. The van der Waals surface area contributed by atoms with Gasteiger partial charge < -0.3 is 15.0 Å². The molecule has 1 aromatic carbocycles. The molecule has 1 atom stereocenters. The van der Waals surface area contributed by atoms with Gasteiger partial charge in [-0.05, 0) is 31.2 Å². The monoisotopic (exact) mass is 367 g/mol. The van der Waals surface area contributed by atoms with Crippen LogP contribution < -0.4 is 5.32 Å². The standard InChI is InChI=1S/C16H21N3O5S/c1-18(12-5-6-17-10-12)15(20)11-3-4-13-14(9-11)25(22,23)19(16(13)21)7-8-24-2/h3-4,9,12,17H,5-8,10H2,1-2H3. The molecule has 2 heterocycles. The highest BCUT2D eigenvalue weighted by molar-refractivity contribution is 7.90. The Morgan fingerprint density at radius 1 is 1.44 bits per heavy atom. The molecule has 25 heavy (non-hydrogen) atoms. The maximum Gasteiger partial charge on any atom is 0.269 e. The molecule has 0 bridgehead atoms. The first kappa shape index (κ1) is 17.8. The quantitative estimate of drug-likeness (QED) is 0.782. The molecule has 1 fully saturated rings. The van der Waals surface area contributed by atoms with Crippen LogP contribution >= 0.6 is 0 Å². The van der Waals surface area contributed by atoms with E-state index in [2.05, 4.69) is 5.32 Å². The summed E-state index contributed by atoms with van der Waals surface area (Å²) in [5.74, 6) is -0.839. The van der Waals surface area contributed by atoms with Crippen LogP contribution in [0.4, 0.5) is 0 Å². The van der Waals surface area contributed by atoms with Crippen LogP contribution in [-0.2, 0) is 14.8 Å². The van der Waals surface area contributed by atoms with Gasteiger partial charge in [0.2, 0.25) is 0 Å². The normalized spacial score (nSPS) is 21.4. The molecule has 1 aromatic rings. The van der Waals surface area contributed by atoms with Crippen LogP contribution in [0.3, 0.4) is 0 Å². The molecule has 8 nitrogen and oxygen atoms in total. The lowest BCUT2D eigenvalue weighted by Gasteiger charge is -2.23. The Balaban J connectivity index is 1.91. The number of hydrogen-bond donors (Lipinski definition) is 1. The van der Waals surface area contributed by atoms with Crippen molar-refractivity contribution in [1.29, 1.82) is 0 Å². The largest absolute Gasteiger partial charge is 0.383 e. The number of benzene rings is 1. The van der Waals surface area contributed by atoms with Crippen molar-refractivity contribution in [3.8, 4) is 0 Å². The molecule has 9 heteroatoms.